The highest BCUT2D eigenvalue weighted by molar-refractivity contribution is 7.99. The number of nitrogens with zero attached hydrogens (tertiary/aromatic N) is 1. The van der Waals surface area contributed by atoms with Crippen molar-refractivity contribution in [2.45, 2.75) is 81.9 Å². The van der Waals surface area contributed by atoms with Crippen molar-refractivity contribution in [1.82, 2.24) is 0 Å². The van der Waals surface area contributed by atoms with Gasteiger partial charge in [0.1, 0.15) is 7.05 Å². The van der Waals surface area contributed by atoms with Crippen LogP contribution in [0.1, 0.15) is 75.0 Å². The van der Waals surface area contributed by atoms with Crippen molar-refractivity contribution in [2.24, 2.45) is 12.5 Å². The van der Waals surface area contributed by atoms with Gasteiger partial charge in [0.25, 0.3) is 0 Å². The Morgan fingerprint density at radius 2 is 1.62 bits per heavy atom. The van der Waals surface area contributed by atoms with E-state index in [0.29, 0.717) is 11.3 Å². The first-order chi connectivity index (χ1) is 16.5. The molecule has 0 amide bonds. The minimum Gasteiger partial charge on any atom is -0.200 e. The van der Waals surface area contributed by atoms with Crippen LogP contribution in [0.5, 0.6) is 0 Å². The van der Waals surface area contributed by atoms with Gasteiger partial charge in [-0.15, -0.1) is 0 Å². The molecule has 0 radical (unpaired) electrons. The first-order valence-corrected chi connectivity index (χ1v) is 13.9. The lowest BCUT2D eigenvalue weighted by atomic mass is 9.66. The standard InChI is InChI=1S/C32H36NS/c1-6-32(7-2)15-12-22(13-16-32)24-18-23-14-17-33(5)30-28-20(3)25-10-8-9-11-26(25)21(4)31(28)34-27(19-24)29(23)30/h8-11,14,17-19,22H,6-7,12-13,15-16H2,1-5H3/q+1. The second-order valence-electron chi connectivity index (χ2n) is 10.8. The summed E-state index contributed by atoms with van der Waals surface area (Å²) in [6.45, 7) is 9.43. The van der Waals surface area contributed by atoms with Crippen molar-refractivity contribution < 1.29 is 4.57 Å². The lowest BCUT2D eigenvalue weighted by Crippen LogP contribution is -2.32. The fourth-order valence-electron chi connectivity index (χ4n) is 6.90. The van der Waals surface area contributed by atoms with Crippen molar-refractivity contribution in [1.29, 1.82) is 0 Å². The average molecular weight is 467 g/mol. The van der Waals surface area contributed by atoms with Crippen molar-refractivity contribution in [3.05, 3.63) is 65.4 Å². The summed E-state index contributed by atoms with van der Waals surface area (Å²) in [7, 11) is 2.21. The van der Waals surface area contributed by atoms with Crippen LogP contribution in [0.25, 0.3) is 32.8 Å². The van der Waals surface area contributed by atoms with E-state index < -0.39 is 0 Å². The number of pyridine rings is 1. The lowest BCUT2D eigenvalue weighted by molar-refractivity contribution is -0.659. The SMILES string of the molecule is CCC1(CC)CCC(c2cc3c4c([n+](C)ccc4c2)-c2c(c(C)c4ccccc4c2C)S3)CC1. The third-order valence-electron chi connectivity index (χ3n) is 9.37. The molecule has 3 aromatic carbocycles. The molecule has 0 saturated heterocycles. The predicted octanol–water partition coefficient (Wildman–Crippen LogP) is 9.03. The highest BCUT2D eigenvalue weighted by Gasteiger charge is 2.35. The zero-order valence-electron chi connectivity index (χ0n) is 21.3. The molecule has 1 saturated carbocycles. The Balaban J connectivity index is 1.53. The molecular weight excluding hydrogens is 430 g/mol. The van der Waals surface area contributed by atoms with Gasteiger partial charge in [-0.25, -0.2) is 4.57 Å². The van der Waals surface area contributed by atoms with E-state index in [2.05, 4.69) is 88.0 Å². The molecule has 0 spiro atoms. The second kappa shape index (κ2) is 8.12. The third kappa shape index (κ3) is 3.18. The van der Waals surface area contributed by atoms with Gasteiger partial charge in [-0.3, -0.25) is 0 Å². The minimum atomic E-state index is 0.589. The van der Waals surface area contributed by atoms with E-state index in [1.54, 1.807) is 5.56 Å². The number of rotatable bonds is 3. The van der Waals surface area contributed by atoms with Gasteiger partial charge >= 0.3 is 0 Å². The second-order valence-corrected chi connectivity index (χ2v) is 11.9. The molecule has 1 nitrogen and oxygen atoms in total. The summed E-state index contributed by atoms with van der Waals surface area (Å²) in [6, 6.07) is 16.3. The number of hydrogen-bond acceptors (Lipinski definition) is 1. The molecule has 4 aromatic rings. The lowest BCUT2D eigenvalue weighted by Gasteiger charge is -2.39. The van der Waals surface area contributed by atoms with Gasteiger partial charge in [-0.05, 0) is 89.8 Å². The van der Waals surface area contributed by atoms with Gasteiger partial charge in [-0.2, -0.15) is 0 Å². The highest BCUT2D eigenvalue weighted by atomic mass is 32.2. The van der Waals surface area contributed by atoms with Crippen LogP contribution in [0.2, 0.25) is 0 Å². The van der Waals surface area contributed by atoms with Crippen LogP contribution < -0.4 is 4.57 Å². The fourth-order valence-corrected chi connectivity index (χ4v) is 8.25. The maximum Gasteiger partial charge on any atom is 0.222 e. The van der Waals surface area contributed by atoms with Gasteiger partial charge in [0.05, 0.1) is 10.9 Å². The summed E-state index contributed by atoms with van der Waals surface area (Å²) >= 11 is 2.01. The van der Waals surface area contributed by atoms with Crippen molar-refractivity contribution >= 4 is 33.3 Å². The summed E-state index contributed by atoms with van der Waals surface area (Å²) in [4.78, 5) is 2.90. The van der Waals surface area contributed by atoms with Gasteiger partial charge in [0, 0.05) is 15.9 Å². The molecule has 174 valence electrons. The Bertz CT molecular complexity index is 1430. The first kappa shape index (κ1) is 22.2. The Kier molecular flexibility index (Phi) is 5.30. The third-order valence-corrected chi connectivity index (χ3v) is 10.6. The summed E-state index contributed by atoms with van der Waals surface area (Å²) in [5.41, 5.74) is 7.80. The molecule has 0 bridgehead atoms. The molecule has 1 aromatic heterocycles. The first-order valence-electron chi connectivity index (χ1n) is 13.1. The van der Waals surface area contributed by atoms with Crippen LogP contribution >= 0.6 is 11.8 Å². The topological polar surface area (TPSA) is 3.88 Å². The van der Waals surface area contributed by atoms with E-state index in [1.165, 1.54) is 92.2 Å². The smallest absolute Gasteiger partial charge is 0.200 e. The summed E-state index contributed by atoms with van der Waals surface area (Å²) in [5.74, 6) is 0.700. The molecule has 2 heterocycles. The van der Waals surface area contributed by atoms with E-state index in [-0.39, 0.29) is 0 Å². The van der Waals surface area contributed by atoms with Crippen molar-refractivity contribution in [2.75, 3.05) is 0 Å². The number of aromatic nitrogens is 1. The molecule has 0 unspecified atom stereocenters. The van der Waals surface area contributed by atoms with Crippen LogP contribution in [0.15, 0.2) is 58.5 Å². The minimum absolute atomic E-state index is 0.589. The maximum absolute atomic E-state index is 2.55. The molecule has 1 aliphatic carbocycles. The van der Waals surface area contributed by atoms with Crippen LogP contribution in [-0.2, 0) is 7.05 Å². The molecule has 1 aliphatic heterocycles. The predicted molar refractivity (Wildman–Crippen MR) is 146 cm³/mol. The van der Waals surface area contributed by atoms with Crippen molar-refractivity contribution in [3.63, 3.8) is 0 Å². The number of hydrogen-bond donors (Lipinski definition) is 0. The summed E-state index contributed by atoms with van der Waals surface area (Å²) in [5, 5.41) is 5.63. The Hall–Kier alpha value is -2.32. The van der Waals surface area contributed by atoms with Crippen LogP contribution in [0, 0.1) is 19.3 Å². The Morgan fingerprint density at radius 1 is 0.941 bits per heavy atom. The molecule has 34 heavy (non-hydrogen) atoms. The van der Waals surface area contributed by atoms with Gasteiger partial charge in [0.15, 0.2) is 6.20 Å². The summed E-state index contributed by atoms with van der Waals surface area (Å²) < 4.78 is 2.35. The molecule has 2 heteroatoms. The quantitative estimate of drug-likeness (QED) is 0.240. The Labute approximate surface area is 208 Å². The Morgan fingerprint density at radius 3 is 2.29 bits per heavy atom. The van der Waals surface area contributed by atoms with E-state index in [1.807, 2.05) is 11.8 Å². The number of benzene rings is 3. The van der Waals surface area contributed by atoms with E-state index in [9.17, 15) is 0 Å². The summed E-state index contributed by atoms with van der Waals surface area (Å²) in [6.07, 6.45) is 10.4. The molecule has 6 rings (SSSR count). The molecular formula is C32H36NS+. The molecule has 0 atom stereocenters. The maximum atomic E-state index is 2.55. The highest BCUT2D eigenvalue weighted by Crippen LogP contribution is 2.53. The fraction of sp³-hybridized carbons (Fsp3) is 0.406. The average Bonchev–Trinajstić information content (AvgIpc) is 2.88. The zero-order chi connectivity index (χ0) is 23.6. The van der Waals surface area contributed by atoms with E-state index in [4.69, 9.17) is 0 Å². The zero-order valence-corrected chi connectivity index (χ0v) is 22.1. The number of aryl methyl sites for hydroxylation is 3. The molecule has 0 N–H and O–H groups in total. The molecule has 1 fully saturated rings. The van der Waals surface area contributed by atoms with E-state index >= 15 is 0 Å². The van der Waals surface area contributed by atoms with Crippen LogP contribution in [0.3, 0.4) is 0 Å². The van der Waals surface area contributed by atoms with Gasteiger partial charge in [-0.1, -0.05) is 68.8 Å². The monoisotopic (exact) mass is 466 g/mol. The number of fused-ring (bicyclic) bond motifs is 3. The largest absolute Gasteiger partial charge is 0.222 e. The van der Waals surface area contributed by atoms with Crippen LogP contribution in [-0.4, -0.2) is 0 Å². The normalized spacial score (nSPS) is 17.3. The van der Waals surface area contributed by atoms with Crippen LogP contribution in [0.4, 0.5) is 0 Å². The van der Waals surface area contributed by atoms with Gasteiger partial charge in [0.2, 0.25) is 5.69 Å². The van der Waals surface area contributed by atoms with Gasteiger partial charge < -0.3 is 0 Å². The molecule has 2 aliphatic rings. The van der Waals surface area contributed by atoms with E-state index in [0.717, 1.165) is 0 Å². The van der Waals surface area contributed by atoms with Crippen molar-refractivity contribution in [3.8, 4) is 11.3 Å².